The first-order valence-electron chi connectivity index (χ1n) is 6.79. The van der Waals surface area contributed by atoms with E-state index in [0.717, 1.165) is 23.5 Å². The van der Waals surface area contributed by atoms with Crippen LogP contribution < -0.4 is 5.32 Å². The van der Waals surface area contributed by atoms with Crippen molar-refractivity contribution in [2.45, 2.75) is 6.18 Å². The van der Waals surface area contributed by atoms with E-state index in [-0.39, 0.29) is 5.13 Å². The number of benzene rings is 1. The smallest absolute Gasteiger partial charge is 0.298 e. The van der Waals surface area contributed by atoms with Crippen LogP contribution in [0.1, 0.15) is 15.9 Å². The van der Waals surface area contributed by atoms with Gasteiger partial charge in [0.25, 0.3) is 5.91 Å². The molecule has 0 aliphatic heterocycles. The Balaban J connectivity index is 1.83. The molecule has 122 valence electrons. The number of aromatic nitrogens is 2. The van der Waals surface area contributed by atoms with E-state index in [1.807, 2.05) is 0 Å². The van der Waals surface area contributed by atoms with E-state index in [1.165, 1.54) is 12.1 Å². The molecule has 0 unspecified atom stereocenters. The van der Waals surface area contributed by atoms with Gasteiger partial charge in [0.15, 0.2) is 5.13 Å². The van der Waals surface area contributed by atoms with E-state index in [4.69, 9.17) is 0 Å². The lowest BCUT2D eigenvalue weighted by atomic mass is 10.1. The number of anilines is 1. The molecule has 2 aromatic heterocycles. The highest BCUT2D eigenvalue weighted by Gasteiger charge is 2.34. The quantitative estimate of drug-likeness (QED) is 0.759. The minimum Gasteiger partial charge on any atom is -0.298 e. The fourth-order valence-electron chi connectivity index (χ4n) is 2.06. The Kier molecular flexibility index (Phi) is 4.30. The SMILES string of the molecule is O=C(Nc1nc(-c2ccccn2)cs1)c1ccccc1C(F)(F)F. The molecule has 0 saturated carbocycles. The molecule has 0 radical (unpaired) electrons. The van der Waals surface area contributed by atoms with Gasteiger partial charge in [-0.1, -0.05) is 18.2 Å². The van der Waals surface area contributed by atoms with Gasteiger partial charge in [0.05, 0.1) is 16.8 Å². The highest BCUT2D eigenvalue weighted by Crippen LogP contribution is 2.32. The molecule has 4 nitrogen and oxygen atoms in total. The van der Waals surface area contributed by atoms with Gasteiger partial charge in [0, 0.05) is 11.6 Å². The molecule has 0 atom stereocenters. The Labute approximate surface area is 139 Å². The second kappa shape index (κ2) is 6.40. The maximum Gasteiger partial charge on any atom is 0.417 e. The number of nitrogens with zero attached hydrogens (tertiary/aromatic N) is 2. The first-order chi connectivity index (χ1) is 11.4. The minimum atomic E-state index is -4.60. The molecule has 8 heteroatoms. The zero-order valence-electron chi connectivity index (χ0n) is 12.0. The second-order valence-electron chi connectivity index (χ2n) is 4.75. The van der Waals surface area contributed by atoms with Gasteiger partial charge in [-0.05, 0) is 24.3 Å². The van der Waals surface area contributed by atoms with Gasteiger partial charge in [-0.25, -0.2) is 4.98 Å². The topological polar surface area (TPSA) is 54.9 Å². The number of pyridine rings is 1. The second-order valence-corrected chi connectivity index (χ2v) is 5.61. The third kappa shape index (κ3) is 3.43. The third-order valence-electron chi connectivity index (χ3n) is 3.13. The summed E-state index contributed by atoms with van der Waals surface area (Å²) < 4.78 is 38.9. The Bertz CT molecular complexity index is 862. The summed E-state index contributed by atoms with van der Waals surface area (Å²) in [5, 5.41) is 4.28. The Morgan fingerprint density at radius 3 is 2.50 bits per heavy atom. The Morgan fingerprint density at radius 2 is 1.79 bits per heavy atom. The maximum absolute atomic E-state index is 13.0. The molecule has 2 heterocycles. The van der Waals surface area contributed by atoms with Crippen LogP contribution in [0.2, 0.25) is 0 Å². The summed E-state index contributed by atoms with van der Waals surface area (Å²) in [7, 11) is 0. The van der Waals surface area contributed by atoms with Crippen LogP contribution in [0, 0.1) is 0 Å². The number of halogens is 3. The normalized spacial score (nSPS) is 11.3. The van der Waals surface area contributed by atoms with Crippen LogP contribution >= 0.6 is 11.3 Å². The van der Waals surface area contributed by atoms with E-state index in [0.29, 0.717) is 11.4 Å². The molecular weight excluding hydrogens is 339 g/mol. The largest absolute Gasteiger partial charge is 0.417 e. The van der Waals surface area contributed by atoms with Crippen LogP contribution in [0.3, 0.4) is 0 Å². The highest BCUT2D eigenvalue weighted by atomic mass is 32.1. The van der Waals surface area contributed by atoms with Crippen LogP contribution in [0.15, 0.2) is 54.0 Å². The maximum atomic E-state index is 13.0. The lowest BCUT2D eigenvalue weighted by molar-refractivity contribution is -0.137. The number of alkyl halides is 3. The zero-order chi connectivity index (χ0) is 17.2. The summed E-state index contributed by atoms with van der Waals surface area (Å²) in [5.41, 5.74) is -0.270. The van der Waals surface area contributed by atoms with Crippen molar-refractivity contribution in [1.82, 2.24) is 9.97 Å². The summed E-state index contributed by atoms with van der Waals surface area (Å²) in [4.78, 5) is 20.5. The fraction of sp³-hybridized carbons (Fsp3) is 0.0625. The van der Waals surface area contributed by atoms with Gasteiger partial charge in [0.1, 0.15) is 5.69 Å². The van der Waals surface area contributed by atoms with Crippen molar-refractivity contribution in [2.24, 2.45) is 0 Å². The number of nitrogens with one attached hydrogen (secondary N) is 1. The lowest BCUT2D eigenvalue weighted by Crippen LogP contribution is -2.18. The van der Waals surface area contributed by atoms with Crippen molar-refractivity contribution >= 4 is 22.4 Å². The summed E-state index contributed by atoms with van der Waals surface area (Å²) in [6, 6.07) is 9.92. The fourth-order valence-corrected chi connectivity index (χ4v) is 2.76. The lowest BCUT2D eigenvalue weighted by Gasteiger charge is -2.11. The molecule has 3 aromatic rings. The van der Waals surface area contributed by atoms with Gasteiger partial charge in [-0.15, -0.1) is 11.3 Å². The number of amides is 1. The molecule has 1 N–H and O–H groups in total. The molecule has 0 spiro atoms. The molecule has 0 fully saturated rings. The first kappa shape index (κ1) is 16.1. The molecule has 24 heavy (non-hydrogen) atoms. The number of carbonyl (C=O) groups is 1. The van der Waals surface area contributed by atoms with Gasteiger partial charge < -0.3 is 0 Å². The third-order valence-corrected chi connectivity index (χ3v) is 3.89. The van der Waals surface area contributed by atoms with E-state index in [9.17, 15) is 18.0 Å². The zero-order valence-corrected chi connectivity index (χ0v) is 12.9. The molecule has 0 bridgehead atoms. The summed E-state index contributed by atoms with van der Waals surface area (Å²) >= 11 is 1.12. The Hall–Kier alpha value is -2.74. The number of carbonyl (C=O) groups excluding carboxylic acids is 1. The highest BCUT2D eigenvalue weighted by molar-refractivity contribution is 7.14. The number of rotatable bonds is 3. The molecule has 0 saturated heterocycles. The van der Waals surface area contributed by atoms with Crippen molar-refractivity contribution < 1.29 is 18.0 Å². The first-order valence-corrected chi connectivity index (χ1v) is 7.67. The van der Waals surface area contributed by atoms with Gasteiger partial charge in [0.2, 0.25) is 0 Å². The molecule has 1 amide bonds. The standard InChI is InChI=1S/C16H10F3N3OS/c17-16(18,19)11-6-2-1-5-10(11)14(23)22-15-21-13(9-24-15)12-7-3-4-8-20-12/h1-9H,(H,21,22,23). The molecule has 0 aliphatic carbocycles. The van der Waals surface area contributed by atoms with Crippen LogP contribution in [0.5, 0.6) is 0 Å². The van der Waals surface area contributed by atoms with Crippen molar-refractivity contribution in [1.29, 1.82) is 0 Å². The van der Waals surface area contributed by atoms with E-state index < -0.39 is 23.2 Å². The molecule has 3 rings (SSSR count). The van der Waals surface area contributed by atoms with Crippen LogP contribution in [0.4, 0.5) is 18.3 Å². The number of hydrogen-bond acceptors (Lipinski definition) is 4. The average molecular weight is 349 g/mol. The van der Waals surface area contributed by atoms with Crippen molar-refractivity contribution in [2.75, 3.05) is 5.32 Å². The van der Waals surface area contributed by atoms with E-state index in [2.05, 4.69) is 15.3 Å². The van der Waals surface area contributed by atoms with Crippen LogP contribution in [-0.2, 0) is 6.18 Å². The summed E-state index contributed by atoms with van der Waals surface area (Å²) in [6.07, 6.45) is -3.00. The average Bonchev–Trinajstić information content (AvgIpc) is 3.03. The molecule has 1 aromatic carbocycles. The minimum absolute atomic E-state index is 0.206. The predicted molar refractivity (Wildman–Crippen MR) is 84.7 cm³/mol. The molecule has 0 aliphatic rings. The number of hydrogen-bond donors (Lipinski definition) is 1. The van der Waals surface area contributed by atoms with Gasteiger partial charge >= 0.3 is 6.18 Å². The van der Waals surface area contributed by atoms with Crippen LogP contribution in [0.25, 0.3) is 11.4 Å². The van der Waals surface area contributed by atoms with Crippen molar-refractivity contribution in [3.05, 3.63) is 65.2 Å². The summed E-state index contributed by atoms with van der Waals surface area (Å²) in [6.45, 7) is 0. The van der Waals surface area contributed by atoms with Crippen molar-refractivity contribution in [3.8, 4) is 11.4 Å². The monoisotopic (exact) mass is 349 g/mol. The van der Waals surface area contributed by atoms with Gasteiger partial charge in [-0.2, -0.15) is 13.2 Å². The van der Waals surface area contributed by atoms with Gasteiger partial charge in [-0.3, -0.25) is 15.1 Å². The summed E-state index contributed by atoms with van der Waals surface area (Å²) in [5.74, 6) is -0.857. The number of thiazole rings is 1. The van der Waals surface area contributed by atoms with Crippen molar-refractivity contribution in [3.63, 3.8) is 0 Å². The van der Waals surface area contributed by atoms with Crippen LogP contribution in [-0.4, -0.2) is 15.9 Å². The van der Waals surface area contributed by atoms with E-state index in [1.54, 1.807) is 29.8 Å². The predicted octanol–water partition coefficient (Wildman–Crippen LogP) is 4.48. The molecular formula is C16H10F3N3OS. The van der Waals surface area contributed by atoms with E-state index >= 15 is 0 Å². The Morgan fingerprint density at radius 1 is 1.04 bits per heavy atom.